The van der Waals surface area contributed by atoms with Gasteiger partial charge in [0.1, 0.15) is 12.7 Å². The van der Waals surface area contributed by atoms with E-state index < -0.39 is 0 Å². The number of nitrogens with one attached hydrogen (secondary N) is 1. The molecule has 3 rings (SSSR count). The Morgan fingerprint density at radius 1 is 1.14 bits per heavy atom. The Morgan fingerprint density at radius 3 is 2.64 bits per heavy atom. The van der Waals surface area contributed by atoms with Crippen LogP contribution in [0.1, 0.15) is 21.6 Å². The van der Waals surface area contributed by atoms with Gasteiger partial charge in [-0.05, 0) is 37.6 Å². The van der Waals surface area contributed by atoms with Gasteiger partial charge in [-0.3, -0.25) is 4.79 Å². The molecule has 7 heteroatoms. The molecule has 0 spiro atoms. The predicted molar refractivity (Wildman–Crippen MR) is 80.8 cm³/mol. The lowest BCUT2D eigenvalue weighted by Gasteiger charge is -2.08. The van der Waals surface area contributed by atoms with Crippen LogP contribution in [0.4, 0.5) is 5.69 Å². The molecule has 0 fully saturated rings. The van der Waals surface area contributed by atoms with E-state index in [9.17, 15) is 4.79 Å². The van der Waals surface area contributed by atoms with Gasteiger partial charge in [0.2, 0.25) is 0 Å². The average Bonchev–Trinajstić information content (AvgIpc) is 3.04. The summed E-state index contributed by atoms with van der Waals surface area (Å²) in [6, 6.07) is 9.10. The second-order valence-corrected chi connectivity index (χ2v) is 4.89. The zero-order valence-electron chi connectivity index (χ0n) is 12.2. The summed E-state index contributed by atoms with van der Waals surface area (Å²) in [6.07, 6.45) is 2.92. The highest BCUT2D eigenvalue weighted by Crippen LogP contribution is 2.16. The Bertz CT molecular complexity index is 795. The fraction of sp³-hybridized carbons (Fsp3) is 0.133. The molecule has 0 saturated heterocycles. The maximum absolute atomic E-state index is 12.2. The molecule has 0 radical (unpaired) electrons. The first-order valence-corrected chi connectivity index (χ1v) is 6.71. The Balaban J connectivity index is 1.77. The highest BCUT2D eigenvalue weighted by molar-refractivity contribution is 6.03. The van der Waals surface area contributed by atoms with Gasteiger partial charge in [0.15, 0.2) is 11.5 Å². The summed E-state index contributed by atoms with van der Waals surface area (Å²) < 4.78 is 1.47. The molecule has 7 nitrogen and oxygen atoms in total. The molecule has 22 heavy (non-hydrogen) atoms. The molecule has 0 aliphatic heterocycles. The minimum atomic E-state index is -0.301. The monoisotopic (exact) mass is 294 g/mol. The Labute approximate surface area is 127 Å². The molecule has 0 bridgehead atoms. The van der Waals surface area contributed by atoms with Gasteiger partial charge in [-0.15, -0.1) is 10.2 Å². The van der Waals surface area contributed by atoms with Crippen LogP contribution in [-0.2, 0) is 0 Å². The summed E-state index contributed by atoms with van der Waals surface area (Å²) in [7, 11) is 0. The summed E-state index contributed by atoms with van der Waals surface area (Å²) in [6.45, 7) is 3.95. The molecular formula is C15H14N6O. The zero-order valence-corrected chi connectivity index (χ0v) is 12.2. The summed E-state index contributed by atoms with van der Waals surface area (Å²) in [5.74, 6) is 0.199. The van der Waals surface area contributed by atoms with E-state index in [2.05, 4.69) is 25.6 Å². The van der Waals surface area contributed by atoms with Crippen LogP contribution in [0, 0.1) is 13.8 Å². The maximum atomic E-state index is 12.2. The van der Waals surface area contributed by atoms with Crippen LogP contribution in [0.25, 0.3) is 5.82 Å². The van der Waals surface area contributed by atoms with Crippen LogP contribution in [0.5, 0.6) is 0 Å². The van der Waals surface area contributed by atoms with Gasteiger partial charge in [0.25, 0.3) is 5.91 Å². The normalized spacial score (nSPS) is 10.5. The molecule has 1 N–H and O–H groups in total. The third-order valence-corrected chi connectivity index (χ3v) is 3.17. The van der Waals surface area contributed by atoms with Gasteiger partial charge < -0.3 is 5.32 Å². The van der Waals surface area contributed by atoms with E-state index in [4.69, 9.17) is 0 Å². The van der Waals surface area contributed by atoms with E-state index in [1.165, 1.54) is 17.3 Å². The van der Waals surface area contributed by atoms with E-state index >= 15 is 0 Å². The summed E-state index contributed by atoms with van der Waals surface area (Å²) in [5.41, 5.74) is 3.15. The minimum Gasteiger partial charge on any atom is -0.320 e. The van der Waals surface area contributed by atoms with Crippen molar-refractivity contribution in [2.45, 2.75) is 13.8 Å². The average molecular weight is 294 g/mol. The third-order valence-electron chi connectivity index (χ3n) is 3.17. The van der Waals surface area contributed by atoms with Crippen molar-refractivity contribution in [2.75, 3.05) is 5.32 Å². The number of anilines is 1. The van der Waals surface area contributed by atoms with E-state index in [1.54, 1.807) is 12.1 Å². The first kappa shape index (κ1) is 13.9. The van der Waals surface area contributed by atoms with Crippen LogP contribution in [0.3, 0.4) is 0 Å². The van der Waals surface area contributed by atoms with Gasteiger partial charge in [0, 0.05) is 5.69 Å². The smallest absolute Gasteiger partial charge is 0.276 e. The van der Waals surface area contributed by atoms with Gasteiger partial charge in [-0.25, -0.2) is 9.67 Å². The first-order valence-electron chi connectivity index (χ1n) is 6.71. The van der Waals surface area contributed by atoms with Crippen molar-refractivity contribution >= 4 is 11.6 Å². The third kappa shape index (κ3) is 2.83. The van der Waals surface area contributed by atoms with Crippen LogP contribution < -0.4 is 5.32 Å². The molecule has 0 aliphatic rings. The SMILES string of the molecule is Cc1ccc(NC(=O)c2ccc(-n3cncn3)nn2)c(C)c1. The number of hydrogen-bond donors (Lipinski definition) is 1. The highest BCUT2D eigenvalue weighted by Gasteiger charge is 2.10. The predicted octanol–water partition coefficient (Wildman–Crippen LogP) is 1.93. The number of nitrogens with zero attached hydrogens (tertiary/aromatic N) is 5. The Morgan fingerprint density at radius 2 is 2.00 bits per heavy atom. The fourth-order valence-corrected chi connectivity index (χ4v) is 2.04. The second kappa shape index (κ2) is 5.72. The molecule has 1 aromatic carbocycles. The van der Waals surface area contributed by atoms with Crippen LogP contribution in [0.15, 0.2) is 43.0 Å². The van der Waals surface area contributed by atoms with Crippen molar-refractivity contribution in [1.82, 2.24) is 25.0 Å². The Kier molecular flexibility index (Phi) is 3.61. The lowest BCUT2D eigenvalue weighted by Crippen LogP contribution is -2.15. The number of aromatic nitrogens is 5. The lowest BCUT2D eigenvalue weighted by molar-refractivity contribution is 0.102. The number of aryl methyl sites for hydroxylation is 2. The minimum absolute atomic E-state index is 0.240. The van der Waals surface area contributed by atoms with Gasteiger partial charge in [-0.2, -0.15) is 5.10 Å². The lowest BCUT2D eigenvalue weighted by atomic mass is 10.1. The maximum Gasteiger partial charge on any atom is 0.276 e. The largest absolute Gasteiger partial charge is 0.320 e. The standard InChI is InChI=1S/C15H14N6O/c1-10-3-4-12(11(2)7-10)18-15(22)13-5-6-14(20-19-13)21-9-16-8-17-21/h3-9H,1-2H3,(H,18,22). The van der Waals surface area contributed by atoms with E-state index in [1.807, 2.05) is 32.0 Å². The highest BCUT2D eigenvalue weighted by atomic mass is 16.1. The number of benzene rings is 1. The van der Waals surface area contributed by atoms with Crippen molar-refractivity contribution in [3.63, 3.8) is 0 Å². The van der Waals surface area contributed by atoms with Gasteiger partial charge in [-0.1, -0.05) is 17.7 Å². The molecule has 0 atom stereocenters. The van der Waals surface area contributed by atoms with E-state index in [-0.39, 0.29) is 11.6 Å². The molecule has 2 aromatic heterocycles. The van der Waals surface area contributed by atoms with Crippen LogP contribution >= 0.6 is 0 Å². The van der Waals surface area contributed by atoms with Crippen molar-refractivity contribution in [2.24, 2.45) is 0 Å². The molecule has 3 aromatic rings. The molecule has 1 amide bonds. The number of carbonyl (C=O) groups is 1. The Hall–Kier alpha value is -3.09. The van der Waals surface area contributed by atoms with Crippen molar-refractivity contribution in [3.8, 4) is 5.82 Å². The summed E-state index contributed by atoms with van der Waals surface area (Å²) in [4.78, 5) is 16.0. The number of carbonyl (C=O) groups excluding carboxylic acids is 1. The second-order valence-electron chi connectivity index (χ2n) is 4.89. The van der Waals surface area contributed by atoms with E-state index in [0.29, 0.717) is 5.82 Å². The first-order chi connectivity index (χ1) is 10.6. The van der Waals surface area contributed by atoms with Crippen LogP contribution in [-0.4, -0.2) is 30.9 Å². The van der Waals surface area contributed by atoms with Crippen molar-refractivity contribution in [3.05, 3.63) is 59.8 Å². The topological polar surface area (TPSA) is 85.6 Å². The van der Waals surface area contributed by atoms with Gasteiger partial charge in [0.05, 0.1) is 0 Å². The molecule has 0 aliphatic carbocycles. The number of rotatable bonds is 3. The molecular weight excluding hydrogens is 280 g/mol. The molecule has 0 unspecified atom stereocenters. The zero-order chi connectivity index (χ0) is 15.5. The number of amides is 1. The van der Waals surface area contributed by atoms with Crippen molar-refractivity contribution < 1.29 is 4.79 Å². The van der Waals surface area contributed by atoms with Gasteiger partial charge >= 0.3 is 0 Å². The van der Waals surface area contributed by atoms with E-state index in [0.717, 1.165) is 16.8 Å². The summed E-state index contributed by atoms with van der Waals surface area (Å²) in [5, 5.41) is 14.7. The fourth-order valence-electron chi connectivity index (χ4n) is 2.04. The van der Waals surface area contributed by atoms with Crippen LogP contribution in [0.2, 0.25) is 0 Å². The molecule has 0 saturated carbocycles. The summed E-state index contributed by atoms with van der Waals surface area (Å²) >= 11 is 0. The quantitative estimate of drug-likeness (QED) is 0.797. The number of hydrogen-bond acceptors (Lipinski definition) is 5. The molecule has 110 valence electrons. The molecule has 2 heterocycles. The van der Waals surface area contributed by atoms with Crippen molar-refractivity contribution in [1.29, 1.82) is 0 Å².